The summed E-state index contributed by atoms with van der Waals surface area (Å²) in [6.45, 7) is 0. The molecule has 0 unspecified atom stereocenters. The molecule has 1 aliphatic heterocycles. The topological polar surface area (TPSA) is 88.4 Å². The van der Waals surface area contributed by atoms with Crippen LogP contribution < -0.4 is 0 Å². The monoisotopic (exact) mass is 325 g/mol. The fourth-order valence-electron chi connectivity index (χ4n) is 1.54. The summed E-state index contributed by atoms with van der Waals surface area (Å²) in [7, 11) is -2.86. The fourth-order valence-corrected chi connectivity index (χ4v) is 11.9. The van der Waals surface area contributed by atoms with Gasteiger partial charge in [-0.05, 0) is 12.5 Å². The average molecular weight is 325 g/mol. The van der Waals surface area contributed by atoms with E-state index >= 15 is 0 Å². The highest BCUT2D eigenvalue weighted by Crippen LogP contribution is 2.28. The third-order valence-corrected chi connectivity index (χ3v) is 11.8. The zero-order valence-corrected chi connectivity index (χ0v) is 14.7. The van der Waals surface area contributed by atoms with Crippen LogP contribution in [0, 0.1) is 11.3 Å². The van der Waals surface area contributed by atoms with Crippen LogP contribution in [0.1, 0.15) is 12.8 Å². The first-order chi connectivity index (χ1) is 9.09. The van der Waals surface area contributed by atoms with Crippen molar-refractivity contribution in [2.24, 2.45) is 0 Å². The van der Waals surface area contributed by atoms with Crippen molar-refractivity contribution < 1.29 is 30.0 Å². The Labute approximate surface area is 116 Å². The van der Waals surface area contributed by atoms with Crippen molar-refractivity contribution >= 4 is 27.4 Å². The van der Waals surface area contributed by atoms with Gasteiger partial charge in [0.25, 0.3) is 0 Å². The molecule has 0 spiro atoms. The van der Waals surface area contributed by atoms with E-state index in [1.165, 1.54) is 28.4 Å². The number of nitrogens with zero attached hydrogens (tertiary/aromatic N) is 1. The minimum Gasteiger partial charge on any atom is -0.373 e. The Morgan fingerprint density at radius 3 is 1.84 bits per heavy atom. The van der Waals surface area contributed by atoms with Gasteiger partial charge in [-0.25, -0.2) is 0 Å². The molecule has 0 aromatic heterocycles. The van der Waals surface area contributed by atoms with Gasteiger partial charge in [0.1, 0.15) is 0 Å². The van der Waals surface area contributed by atoms with Gasteiger partial charge in [0.2, 0.25) is 0 Å². The molecule has 0 atom stereocenters. The van der Waals surface area contributed by atoms with Crippen molar-refractivity contribution in [3.8, 4) is 6.07 Å². The second-order valence-electron chi connectivity index (χ2n) is 3.63. The van der Waals surface area contributed by atoms with E-state index in [9.17, 15) is 0 Å². The molecule has 1 saturated heterocycles. The molecule has 110 valence electrons. The van der Waals surface area contributed by atoms with Crippen LogP contribution in [0.25, 0.3) is 0 Å². The van der Waals surface area contributed by atoms with Gasteiger partial charge in [-0.15, -0.1) is 0 Å². The maximum absolute atomic E-state index is 8.56. The summed E-state index contributed by atoms with van der Waals surface area (Å²) in [6, 6.07) is 2.72. The van der Waals surface area contributed by atoms with Gasteiger partial charge < -0.3 is 30.0 Å². The minimum absolute atomic E-state index is 0.445. The molecule has 1 heterocycles. The molecule has 1 rings (SSSR count). The van der Waals surface area contributed by atoms with E-state index in [0.29, 0.717) is 18.9 Å². The Balaban J connectivity index is 2.80. The lowest BCUT2D eigenvalue weighted by Gasteiger charge is -2.41. The van der Waals surface area contributed by atoms with E-state index in [0.717, 1.165) is 0 Å². The van der Waals surface area contributed by atoms with Gasteiger partial charge in [-0.1, -0.05) is 0 Å². The van der Waals surface area contributed by atoms with Crippen LogP contribution >= 0.6 is 0 Å². The predicted molar refractivity (Wildman–Crippen MR) is 69.6 cm³/mol. The lowest BCUT2D eigenvalue weighted by Crippen LogP contribution is -2.68. The summed E-state index contributed by atoms with van der Waals surface area (Å²) >= 11 is 0. The lowest BCUT2D eigenvalue weighted by atomic mass is 10.4. The van der Waals surface area contributed by atoms with Crippen molar-refractivity contribution in [2.75, 3.05) is 28.4 Å². The Morgan fingerprint density at radius 1 is 1.00 bits per heavy atom. The average Bonchev–Trinajstić information content (AvgIpc) is 2.47. The zero-order valence-electron chi connectivity index (χ0n) is 11.5. The number of nitriles is 1. The van der Waals surface area contributed by atoms with Crippen molar-refractivity contribution in [2.45, 2.75) is 18.9 Å². The molecule has 0 aliphatic carbocycles. The predicted octanol–water partition coefficient (Wildman–Crippen LogP) is 0.0309. The molecule has 0 amide bonds. The normalized spacial score (nSPS) is 22.1. The van der Waals surface area contributed by atoms with Crippen LogP contribution in [0.15, 0.2) is 0 Å². The summed E-state index contributed by atoms with van der Waals surface area (Å²) in [5, 5.41) is 8.56. The molecule has 0 saturated carbocycles. The van der Waals surface area contributed by atoms with Crippen LogP contribution in [-0.2, 0) is 30.0 Å². The maximum atomic E-state index is 8.56. The molecule has 1 fully saturated rings. The smallest absolute Gasteiger partial charge is 0.373 e. The quantitative estimate of drug-likeness (QED) is 0.478. The first-order valence-electron chi connectivity index (χ1n) is 5.72. The molecule has 0 radical (unpaired) electrons. The summed E-state index contributed by atoms with van der Waals surface area (Å²) in [5.41, 5.74) is 0. The summed E-state index contributed by atoms with van der Waals surface area (Å²) < 4.78 is 38.1. The number of hydrogen-bond donors (Lipinski definition) is 0. The highest BCUT2D eigenvalue weighted by Gasteiger charge is 2.64. The molecule has 11 heteroatoms. The lowest BCUT2D eigenvalue weighted by molar-refractivity contribution is -0.0282. The molecule has 8 nitrogen and oxygen atoms in total. The minimum atomic E-state index is -3.27. The molecule has 0 aromatic carbocycles. The third-order valence-electron chi connectivity index (χ3n) is 2.53. The number of rotatable bonds is 7. The van der Waals surface area contributed by atoms with Crippen LogP contribution in [0.3, 0.4) is 0 Å². The van der Waals surface area contributed by atoms with Crippen molar-refractivity contribution in [3.05, 3.63) is 0 Å². The van der Waals surface area contributed by atoms with E-state index in [1.54, 1.807) is 0 Å². The molecule has 0 aromatic rings. The van der Waals surface area contributed by atoms with Crippen LogP contribution in [0.4, 0.5) is 0 Å². The second kappa shape index (κ2) is 7.59. The third kappa shape index (κ3) is 4.16. The van der Waals surface area contributed by atoms with Gasteiger partial charge in [-0.2, -0.15) is 5.26 Å². The zero-order chi connectivity index (χ0) is 14.4. The Bertz CT molecular complexity index is 298. The van der Waals surface area contributed by atoms with E-state index in [1.807, 2.05) is 0 Å². The van der Waals surface area contributed by atoms with E-state index in [2.05, 4.69) is 6.07 Å². The SMILES string of the molecule is CO[Si]1(OC)O[SiH](CCCC#N)O[Si](OC)(OC)O1. The van der Waals surface area contributed by atoms with Crippen LogP contribution in [-0.4, -0.2) is 55.8 Å². The fraction of sp³-hybridized carbons (Fsp3) is 0.875. The van der Waals surface area contributed by atoms with Gasteiger partial charge in [0.05, 0.1) is 6.07 Å². The Hall–Kier alpha value is -0.139. The van der Waals surface area contributed by atoms with Crippen molar-refractivity contribution in [1.29, 1.82) is 5.26 Å². The van der Waals surface area contributed by atoms with E-state index in [-0.39, 0.29) is 0 Å². The number of unbranched alkanes of at least 4 members (excludes halogenated alkanes) is 1. The Morgan fingerprint density at radius 2 is 1.47 bits per heavy atom. The standard InChI is InChI=1S/C8H19NO7Si3/c1-10-18(11-2)14-17(8-6-5-7-9)15-19(12-3,13-4)16-18/h17H,5-6,8H2,1-4H3. The summed E-state index contributed by atoms with van der Waals surface area (Å²) in [5.74, 6) is 0. The molecular formula is C8H19NO7Si3. The number of hydrogen-bond acceptors (Lipinski definition) is 8. The van der Waals surface area contributed by atoms with Crippen LogP contribution in [0.5, 0.6) is 0 Å². The molecule has 19 heavy (non-hydrogen) atoms. The van der Waals surface area contributed by atoms with E-state index < -0.39 is 27.4 Å². The summed E-state index contributed by atoms with van der Waals surface area (Å²) in [6.07, 6.45) is 1.13. The van der Waals surface area contributed by atoms with Gasteiger partial charge >= 0.3 is 27.4 Å². The molecular weight excluding hydrogens is 306 g/mol. The Kier molecular flexibility index (Phi) is 6.76. The first-order valence-corrected chi connectivity index (χ1v) is 10.7. The second-order valence-corrected chi connectivity index (χ2v) is 11.4. The van der Waals surface area contributed by atoms with Gasteiger partial charge in [0, 0.05) is 34.9 Å². The van der Waals surface area contributed by atoms with Crippen molar-refractivity contribution in [3.63, 3.8) is 0 Å². The van der Waals surface area contributed by atoms with Gasteiger partial charge in [-0.3, -0.25) is 0 Å². The van der Waals surface area contributed by atoms with Gasteiger partial charge in [0.15, 0.2) is 0 Å². The summed E-state index contributed by atoms with van der Waals surface area (Å²) in [4.78, 5) is 0. The highest BCUT2D eigenvalue weighted by molar-refractivity contribution is 6.80. The van der Waals surface area contributed by atoms with Crippen molar-refractivity contribution in [1.82, 2.24) is 0 Å². The largest absolute Gasteiger partial charge is 0.664 e. The highest BCUT2D eigenvalue weighted by atomic mass is 28.5. The molecule has 0 bridgehead atoms. The molecule has 1 aliphatic rings. The first kappa shape index (κ1) is 16.9. The van der Waals surface area contributed by atoms with Crippen LogP contribution in [0.2, 0.25) is 6.04 Å². The van der Waals surface area contributed by atoms with E-state index in [4.69, 9.17) is 35.3 Å². The molecule has 0 N–H and O–H groups in total. The maximum Gasteiger partial charge on any atom is 0.664 e.